The Morgan fingerprint density at radius 3 is 2.24 bits per heavy atom. The van der Waals surface area contributed by atoms with Crippen molar-refractivity contribution in [2.45, 2.75) is 13.0 Å². The Labute approximate surface area is 127 Å². The van der Waals surface area contributed by atoms with Crippen molar-refractivity contribution in [2.75, 3.05) is 19.6 Å². The highest BCUT2D eigenvalue weighted by molar-refractivity contribution is 5.33. The van der Waals surface area contributed by atoms with Gasteiger partial charge in [-0.1, -0.05) is 60.4 Å². The summed E-state index contributed by atoms with van der Waals surface area (Å²) in [6.45, 7) is 3.39. The SMILES string of the molecule is NCCCN(CC#Cc1ccccc1)Cc1ccccc1. The summed E-state index contributed by atoms with van der Waals surface area (Å²) in [5.41, 5.74) is 8.01. The highest BCUT2D eigenvalue weighted by Crippen LogP contribution is 2.04. The van der Waals surface area contributed by atoms with Gasteiger partial charge < -0.3 is 5.73 Å². The van der Waals surface area contributed by atoms with Crippen molar-refractivity contribution >= 4 is 0 Å². The monoisotopic (exact) mass is 278 g/mol. The molecule has 0 aliphatic heterocycles. The molecule has 2 aromatic carbocycles. The van der Waals surface area contributed by atoms with Crippen LogP contribution in [0.2, 0.25) is 0 Å². The lowest BCUT2D eigenvalue weighted by molar-refractivity contribution is 0.297. The number of nitrogens with two attached hydrogens (primary N) is 1. The van der Waals surface area contributed by atoms with E-state index in [0.717, 1.165) is 38.2 Å². The molecule has 108 valence electrons. The van der Waals surface area contributed by atoms with E-state index in [1.165, 1.54) is 5.56 Å². The third-order valence-corrected chi connectivity index (χ3v) is 3.24. The summed E-state index contributed by atoms with van der Waals surface area (Å²) in [6, 6.07) is 20.6. The van der Waals surface area contributed by atoms with E-state index in [4.69, 9.17) is 5.73 Å². The van der Waals surface area contributed by atoms with Crippen LogP contribution >= 0.6 is 0 Å². The van der Waals surface area contributed by atoms with Gasteiger partial charge >= 0.3 is 0 Å². The molecule has 0 heterocycles. The maximum absolute atomic E-state index is 5.63. The predicted molar refractivity (Wildman–Crippen MR) is 88.7 cm³/mol. The van der Waals surface area contributed by atoms with Crippen LogP contribution in [0.5, 0.6) is 0 Å². The molecule has 0 unspecified atom stereocenters. The molecule has 0 amide bonds. The Hall–Kier alpha value is -2.08. The van der Waals surface area contributed by atoms with Gasteiger partial charge in [-0.25, -0.2) is 0 Å². The Bertz CT molecular complexity index is 567. The lowest BCUT2D eigenvalue weighted by Gasteiger charge is -2.19. The van der Waals surface area contributed by atoms with E-state index in [-0.39, 0.29) is 0 Å². The fourth-order valence-electron chi connectivity index (χ4n) is 2.15. The highest BCUT2D eigenvalue weighted by Gasteiger charge is 2.03. The first-order valence-electron chi connectivity index (χ1n) is 7.39. The van der Waals surface area contributed by atoms with Gasteiger partial charge in [0.15, 0.2) is 0 Å². The Morgan fingerprint density at radius 2 is 1.57 bits per heavy atom. The van der Waals surface area contributed by atoms with Crippen LogP contribution < -0.4 is 5.73 Å². The second kappa shape index (κ2) is 8.97. The summed E-state index contributed by atoms with van der Waals surface area (Å²) < 4.78 is 0. The summed E-state index contributed by atoms with van der Waals surface area (Å²) in [5.74, 6) is 6.48. The van der Waals surface area contributed by atoms with Gasteiger partial charge in [0.25, 0.3) is 0 Å². The molecule has 0 aliphatic carbocycles. The summed E-state index contributed by atoms with van der Waals surface area (Å²) in [5, 5.41) is 0. The standard InChI is InChI=1S/C19H22N2/c20-14-8-16-21(17-19-11-5-2-6-12-19)15-7-13-18-9-3-1-4-10-18/h1-6,9-12H,8,14-17,20H2. The van der Waals surface area contributed by atoms with Crippen LogP contribution in [0.4, 0.5) is 0 Å². The first-order valence-corrected chi connectivity index (χ1v) is 7.39. The zero-order valence-electron chi connectivity index (χ0n) is 12.3. The molecule has 21 heavy (non-hydrogen) atoms. The zero-order chi connectivity index (χ0) is 14.8. The summed E-state index contributed by atoms with van der Waals surface area (Å²) >= 11 is 0. The Morgan fingerprint density at radius 1 is 0.905 bits per heavy atom. The van der Waals surface area contributed by atoms with Gasteiger partial charge in [0.05, 0.1) is 6.54 Å². The van der Waals surface area contributed by atoms with Crippen LogP contribution in [0.3, 0.4) is 0 Å². The normalized spacial score (nSPS) is 10.2. The molecule has 2 aromatic rings. The van der Waals surface area contributed by atoms with E-state index >= 15 is 0 Å². The lowest BCUT2D eigenvalue weighted by Crippen LogP contribution is -2.26. The van der Waals surface area contributed by atoms with Crippen LogP contribution in [0.1, 0.15) is 17.5 Å². The van der Waals surface area contributed by atoms with E-state index in [9.17, 15) is 0 Å². The van der Waals surface area contributed by atoms with Crippen molar-refractivity contribution in [1.82, 2.24) is 4.90 Å². The molecule has 0 atom stereocenters. The molecule has 2 heteroatoms. The molecule has 2 rings (SSSR count). The molecule has 0 aliphatic rings. The largest absolute Gasteiger partial charge is 0.330 e. The van der Waals surface area contributed by atoms with Gasteiger partial charge in [0.2, 0.25) is 0 Å². The number of hydrogen-bond acceptors (Lipinski definition) is 2. The van der Waals surface area contributed by atoms with Crippen LogP contribution in [0.25, 0.3) is 0 Å². The molecule has 2 N–H and O–H groups in total. The molecule has 2 nitrogen and oxygen atoms in total. The van der Waals surface area contributed by atoms with Gasteiger partial charge in [-0.3, -0.25) is 4.90 Å². The molecule has 0 spiro atoms. The third-order valence-electron chi connectivity index (χ3n) is 3.24. The third kappa shape index (κ3) is 5.83. The average molecular weight is 278 g/mol. The van der Waals surface area contributed by atoms with E-state index in [2.05, 4.69) is 41.0 Å². The quantitative estimate of drug-likeness (QED) is 0.823. The Kier molecular flexibility index (Phi) is 6.54. The fraction of sp³-hybridized carbons (Fsp3) is 0.263. The topological polar surface area (TPSA) is 29.3 Å². The van der Waals surface area contributed by atoms with Crippen LogP contribution in [-0.2, 0) is 6.54 Å². The minimum Gasteiger partial charge on any atom is -0.330 e. The number of nitrogens with zero attached hydrogens (tertiary/aromatic N) is 1. The smallest absolute Gasteiger partial charge is 0.0608 e. The van der Waals surface area contributed by atoms with Gasteiger partial charge in [-0.05, 0) is 30.7 Å². The second-order valence-corrected chi connectivity index (χ2v) is 5.01. The van der Waals surface area contributed by atoms with E-state index in [1.54, 1.807) is 0 Å². The molecular formula is C19H22N2. The van der Waals surface area contributed by atoms with Gasteiger partial charge in [-0.2, -0.15) is 0 Å². The van der Waals surface area contributed by atoms with Gasteiger partial charge in [0, 0.05) is 18.7 Å². The minimum absolute atomic E-state index is 0.720. The van der Waals surface area contributed by atoms with Crippen molar-refractivity contribution in [1.29, 1.82) is 0 Å². The van der Waals surface area contributed by atoms with Crippen molar-refractivity contribution in [2.24, 2.45) is 5.73 Å². The maximum atomic E-state index is 5.63. The first kappa shape index (κ1) is 15.3. The van der Waals surface area contributed by atoms with Crippen molar-refractivity contribution in [3.63, 3.8) is 0 Å². The van der Waals surface area contributed by atoms with Crippen molar-refractivity contribution in [3.05, 3.63) is 71.8 Å². The highest BCUT2D eigenvalue weighted by atomic mass is 15.1. The molecular weight excluding hydrogens is 256 g/mol. The zero-order valence-corrected chi connectivity index (χ0v) is 12.3. The van der Waals surface area contributed by atoms with Crippen LogP contribution in [-0.4, -0.2) is 24.5 Å². The molecule has 0 aromatic heterocycles. The van der Waals surface area contributed by atoms with Gasteiger partial charge in [0.1, 0.15) is 0 Å². The maximum Gasteiger partial charge on any atom is 0.0608 e. The lowest BCUT2D eigenvalue weighted by atomic mass is 10.2. The summed E-state index contributed by atoms with van der Waals surface area (Å²) in [7, 11) is 0. The van der Waals surface area contributed by atoms with Crippen LogP contribution in [0, 0.1) is 11.8 Å². The number of hydrogen-bond donors (Lipinski definition) is 1. The summed E-state index contributed by atoms with van der Waals surface area (Å²) in [4.78, 5) is 2.35. The molecule has 0 bridgehead atoms. The average Bonchev–Trinajstić information content (AvgIpc) is 2.54. The molecule has 0 saturated heterocycles. The predicted octanol–water partition coefficient (Wildman–Crippen LogP) is 2.89. The molecule has 0 fully saturated rings. The number of benzene rings is 2. The van der Waals surface area contributed by atoms with E-state index in [1.807, 2.05) is 36.4 Å². The first-order chi connectivity index (χ1) is 10.4. The van der Waals surface area contributed by atoms with Crippen LogP contribution in [0.15, 0.2) is 60.7 Å². The summed E-state index contributed by atoms with van der Waals surface area (Å²) in [6.07, 6.45) is 1.000. The van der Waals surface area contributed by atoms with Crippen molar-refractivity contribution < 1.29 is 0 Å². The minimum atomic E-state index is 0.720. The second-order valence-electron chi connectivity index (χ2n) is 5.01. The molecule has 0 radical (unpaired) electrons. The Balaban J connectivity index is 1.95. The fourth-order valence-corrected chi connectivity index (χ4v) is 2.15. The molecule has 0 saturated carbocycles. The van der Waals surface area contributed by atoms with E-state index in [0.29, 0.717) is 0 Å². The van der Waals surface area contributed by atoms with Crippen molar-refractivity contribution in [3.8, 4) is 11.8 Å². The number of rotatable bonds is 6. The van der Waals surface area contributed by atoms with E-state index < -0.39 is 0 Å². The van der Waals surface area contributed by atoms with Gasteiger partial charge in [-0.15, -0.1) is 0 Å².